The number of benzene rings is 1. The van der Waals surface area contributed by atoms with Gasteiger partial charge in [-0.15, -0.1) is 0 Å². The largest absolute Gasteiger partial charge is 0.324 e. The Hall–Kier alpha value is -1.42. The van der Waals surface area contributed by atoms with Crippen molar-refractivity contribution < 1.29 is 9.18 Å². The number of anilines is 1. The van der Waals surface area contributed by atoms with E-state index in [2.05, 4.69) is 5.32 Å². The third-order valence-electron chi connectivity index (χ3n) is 2.55. The van der Waals surface area contributed by atoms with Gasteiger partial charge in [-0.05, 0) is 25.0 Å². The number of hydrogen-bond acceptors (Lipinski definition) is 2. The zero-order valence-corrected chi connectivity index (χ0v) is 9.75. The van der Waals surface area contributed by atoms with E-state index in [4.69, 9.17) is 5.73 Å². The van der Waals surface area contributed by atoms with E-state index >= 15 is 0 Å². The van der Waals surface area contributed by atoms with Crippen molar-refractivity contribution in [3.8, 4) is 0 Å². The van der Waals surface area contributed by atoms with Crippen molar-refractivity contribution in [2.75, 3.05) is 5.32 Å². The van der Waals surface area contributed by atoms with Gasteiger partial charge >= 0.3 is 0 Å². The highest BCUT2D eigenvalue weighted by Crippen LogP contribution is 2.17. The Labute approximate surface area is 94.8 Å². The van der Waals surface area contributed by atoms with Crippen LogP contribution in [0.25, 0.3) is 0 Å². The molecule has 3 N–H and O–H groups in total. The lowest BCUT2D eigenvalue weighted by atomic mass is 10.0. The molecule has 0 saturated heterocycles. The third-order valence-corrected chi connectivity index (χ3v) is 2.55. The molecular formula is C12H17FN2O. The smallest absolute Gasteiger partial charge is 0.241 e. The highest BCUT2D eigenvalue weighted by molar-refractivity contribution is 5.95. The minimum absolute atomic E-state index is 0.0499. The van der Waals surface area contributed by atoms with Gasteiger partial charge in [0.25, 0.3) is 0 Å². The Kier molecular flexibility index (Phi) is 4.01. The zero-order chi connectivity index (χ0) is 12.3. The van der Waals surface area contributed by atoms with E-state index in [9.17, 15) is 9.18 Å². The summed E-state index contributed by atoms with van der Waals surface area (Å²) in [7, 11) is 0. The van der Waals surface area contributed by atoms with E-state index in [1.54, 1.807) is 19.1 Å². The molecule has 0 aliphatic heterocycles. The average Bonchev–Trinajstić information content (AvgIpc) is 2.23. The molecule has 3 nitrogen and oxygen atoms in total. The minimum Gasteiger partial charge on any atom is -0.324 e. The van der Waals surface area contributed by atoms with Crippen molar-refractivity contribution in [3.05, 3.63) is 29.6 Å². The van der Waals surface area contributed by atoms with Crippen LogP contribution in [-0.4, -0.2) is 11.9 Å². The molecule has 1 aromatic carbocycles. The predicted molar refractivity (Wildman–Crippen MR) is 62.6 cm³/mol. The predicted octanol–water partition coefficient (Wildman–Crippen LogP) is 2.06. The van der Waals surface area contributed by atoms with Crippen molar-refractivity contribution in [1.82, 2.24) is 0 Å². The molecule has 0 saturated carbocycles. The molecule has 1 amide bonds. The first kappa shape index (κ1) is 12.6. The fraction of sp³-hybridized carbons (Fsp3) is 0.417. The van der Waals surface area contributed by atoms with Crippen LogP contribution in [0.2, 0.25) is 0 Å². The van der Waals surface area contributed by atoms with Gasteiger partial charge in [0.05, 0.1) is 6.04 Å². The molecule has 0 aliphatic rings. The summed E-state index contributed by atoms with van der Waals surface area (Å²) in [6, 6.07) is 3.98. The molecular weight excluding hydrogens is 207 g/mol. The summed E-state index contributed by atoms with van der Waals surface area (Å²) in [5.41, 5.74) is 6.59. The highest BCUT2D eigenvalue weighted by Gasteiger charge is 2.18. The molecule has 0 radical (unpaired) electrons. The van der Waals surface area contributed by atoms with Gasteiger partial charge in [-0.25, -0.2) is 4.39 Å². The van der Waals surface area contributed by atoms with E-state index in [0.717, 1.165) is 0 Å². The summed E-state index contributed by atoms with van der Waals surface area (Å²) in [5, 5.41) is 2.63. The number of carbonyl (C=O) groups excluding carboxylic acids is 1. The van der Waals surface area contributed by atoms with Crippen LogP contribution < -0.4 is 11.1 Å². The summed E-state index contributed by atoms with van der Waals surface area (Å²) in [6.45, 7) is 5.34. The lowest BCUT2D eigenvalue weighted by Crippen LogP contribution is -2.39. The summed E-state index contributed by atoms with van der Waals surface area (Å²) in [6.07, 6.45) is 0. The topological polar surface area (TPSA) is 55.1 Å². The molecule has 1 atom stereocenters. The molecule has 16 heavy (non-hydrogen) atoms. The van der Waals surface area contributed by atoms with Gasteiger partial charge in [0.1, 0.15) is 5.82 Å². The molecule has 1 rings (SSSR count). The number of rotatable bonds is 3. The van der Waals surface area contributed by atoms with Crippen LogP contribution in [0.1, 0.15) is 19.4 Å². The van der Waals surface area contributed by atoms with Crippen LogP contribution in [0.15, 0.2) is 18.2 Å². The van der Waals surface area contributed by atoms with E-state index in [1.165, 1.54) is 6.07 Å². The Bertz CT molecular complexity index is 391. The first-order valence-corrected chi connectivity index (χ1v) is 5.25. The number of amides is 1. The number of nitrogens with two attached hydrogens (primary N) is 1. The molecule has 0 spiro atoms. The quantitative estimate of drug-likeness (QED) is 0.825. The van der Waals surface area contributed by atoms with Crippen molar-refractivity contribution in [2.45, 2.75) is 26.8 Å². The van der Waals surface area contributed by atoms with Crippen molar-refractivity contribution in [1.29, 1.82) is 0 Å². The Morgan fingerprint density at radius 1 is 1.44 bits per heavy atom. The van der Waals surface area contributed by atoms with Gasteiger partial charge in [0.2, 0.25) is 5.91 Å². The molecule has 0 aliphatic carbocycles. The minimum atomic E-state index is -0.581. The van der Waals surface area contributed by atoms with Crippen molar-refractivity contribution in [3.63, 3.8) is 0 Å². The van der Waals surface area contributed by atoms with Crippen LogP contribution in [0.5, 0.6) is 0 Å². The SMILES string of the molecule is Cc1c(F)cccc1NC(=O)[C@H](N)C(C)C. The number of carbonyl (C=O) groups is 1. The van der Waals surface area contributed by atoms with E-state index in [0.29, 0.717) is 11.3 Å². The lowest BCUT2D eigenvalue weighted by molar-refractivity contribution is -0.118. The number of hydrogen-bond donors (Lipinski definition) is 2. The van der Waals surface area contributed by atoms with Gasteiger partial charge in [-0.2, -0.15) is 0 Å². The monoisotopic (exact) mass is 224 g/mol. The zero-order valence-electron chi connectivity index (χ0n) is 9.75. The second kappa shape index (κ2) is 5.07. The van der Waals surface area contributed by atoms with Crippen LogP contribution in [0.3, 0.4) is 0 Å². The summed E-state index contributed by atoms with van der Waals surface area (Å²) >= 11 is 0. The average molecular weight is 224 g/mol. The van der Waals surface area contributed by atoms with Gasteiger partial charge in [-0.1, -0.05) is 19.9 Å². The maximum atomic E-state index is 13.2. The van der Waals surface area contributed by atoms with Crippen molar-refractivity contribution >= 4 is 11.6 Å². The summed E-state index contributed by atoms with van der Waals surface area (Å²) in [4.78, 5) is 11.7. The number of nitrogens with one attached hydrogen (secondary N) is 1. The van der Waals surface area contributed by atoms with E-state index < -0.39 is 6.04 Å². The molecule has 1 aromatic rings. The first-order valence-electron chi connectivity index (χ1n) is 5.25. The second-order valence-electron chi connectivity index (χ2n) is 4.17. The fourth-order valence-corrected chi connectivity index (χ4v) is 1.26. The van der Waals surface area contributed by atoms with Gasteiger partial charge in [-0.3, -0.25) is 4.79 Å². The molecule has 0 bridgehead atoms. The number of halogens is 1. The standard InChI is InChI=1S/C12H17FN2O/c1-7(2)11(14)12(16)15-10-6-4-5-9(13)8(10)3/h4-7,11H,14H2,1-3H3,(H,15,16)/t11-/m1/s1. The first-order chi connectivity index (χ1) is 7.43. The second-order valence-corrected chi connectivity index (χ2v) is 4.17. The molecule has 0 aromatic heterocycles. The Morgan fingerprint density at radius 2 is 2.06 bits per heavy atom. The van der Waals surface area contributed by atoms with E-state index in [1.807, 2.05) is 13.8 Å². The Morgan fingerprint density at radius 3 is 2.62 bits per heavy atom. The van der Waals surface area contributed by atoms with Crippen LogP contribution in [-0.2, 0) is 4.79 Å². The normalized spacial score (nSPS) is 12.6. The van der Waals surface area contributed by atoms with Gasteiger partial charge in [0, 0.05) is 11.3 Å². The van der Waals surface area contributed by atoms with E-state index in [-0.39, 0.29) is 17.6 Å². The fourth-order valence-electron chi connectivity index (χ4n) is 1.26. The molecule has 4 heteroatoms. The van der Waals surface area contributed by atoms with Crippen molar-refractivity contribution in [2.24, 2.45) is 11.7 Å². The molecule has 88 valence electrons. The highest BCUT2D eigenvalue weighted by atomic mass is 19.1. The molecule has 0 fully saturated rings. The third kappa shape index (κ3) is 2.79. The van der Waals surface area contributed by atoms with Crippen LogP contribution in [0, 0.1) is 18.7 Å². The maximum Gasteiger partial charge on any atom is 0.241 e. The Balaban J connectivity index is 2.81. The van der Waals surface area contributed by atoms with Gasteiger partial charge in [0.15, 0.2) is 0 Å². The molecule has 0 unspecified atom stereocenters. The van der Waals surface area contributed by atoms with Crippen LogP contribution >= 0.6 is 0 Å². The maximum absolute atomic E-state index is 13.2. The van der Waals surface area contributed by atoms with Crippen LogP contribution in [0.4, 0.5) is 10.1 Å². The summed E-state index contributed by atoms with van der Waals surface area (Å²) < 4.78 is 13.2. The molecule has 0 heterocycles. The lowest BCUT2D eigenvalue weighted by Gasteiger charge is -2.16. The van der Waals surface area contributed by atoms with Gasteiger partial charge < -0.3 is 11.1 Å². The summed E-state index contributed by atoms with van der Waals surface area (Å²) in [5.74, 6) is -0.575.